The maximum absolute atomic E-state index is 11.8. The van der Waals surface area contributed by atoms with Gasteiger partial charge in [0.15, 0.2) is 0 Å². The van der Waals surface area contributed by atoms with Crippen LogP contribution in [0.4, 0.5) is 0 Å². The fourth-order valence-corrected chi connectivity index (χ4v) is 2.29. The molecule has 3 amide bonds. The lowest BCUT2D eigenvalue weighted by atomic mass is 10.3. The van der Waals surface area contributed by atoms with E-state index < -0.39 is 0 Å². The van der Waals surface area contributed by atoms with Gasteiger partial charge in [-0.25, -0.2) is 0 Å². The molecule has 0 radical (unpaired) electrons. The van der Waals surface area contributed by atoms with Crippen LogP contribution in [0.3, 0.4) is 0 Å². The molecule has 2 N–H and O–H groups in total. The van der Waals surface area contributed by atoms with Crippen molar-refractivity contribution in [3.63, 3.8) is 0 Å². The van der Waals surface area contributed by atoms with Gasteiger partial charge in [-0.05, 0) is 12.8 Å². The maximum Gasteiger partial charge on any atom is 0.233 e. The van der Waals surface area contributed by atoms with Gasteiger partial charge in [-0.15, -0.1) is 0 Å². The van der Waals surface area contributed by atoms with Crippen molar-refractivity contribution in [2.45, 2.75) is 12.8 Å². The Morgan fingerprint density at radius 1 is 0.762 bits per heavy atom. The summed E-state index contributed by atoms with van der Waals surface area (Å²) in [6.07, 6.45) is 1.40. The van der Waals surface area contributed by atoms with E-state index >= 15 is 0 Å². The zero-order valence-electron chi connectivity index (χ0n) is 11.7. The quantitative estimate of drug-likeness (QED) is 0.333. The summed E-state index contributed by atoms with van der Waals surface area (Å²) in [5.41, 5.74) is 0. The molecule has 0 aliphatic heterocycles. The van der Waals surface area contributed by atoms with E-state index in [-0.39, 0.29) is 33.7 Å². The molecule has 0 aromatic heterocycles. The van der Waals surface area contributed by atoms with Crippen LogP contribution in [0.2, 0.25) is 0 Å². The molecule has 0 saturated heterocycles. The number of nitrogens with one attached hydrogen (secondary N) is 2. The third kappa shape index (κ3) is 11.1. The van der Waals surface area contributed by atoms with Gasteiger partial charge in [0, 0.05) is 26.2 Å². The second-order valence-electron chi connectivity index (χ2n) is 4.19. The van der Waals surface area contributed by atoms with Gasteiger partial charge in [0.1, 0.15) is 0 Å². The van der Waals surface area contributed by atoms with Crippen LogP contribution < -0.4 is 10.6 Å². The van der Waals surface area contributed by atoms with Crippen LogP contribution in [0, 0.1) is 0 Å². The van der Waals surface area contributed by atoms with Crippen LogP contribution in [0.15, 0.2) is 0 Å². The lowest BCUT2D eigenvalue weighted by molar-refractivity contribution is -0.128. The van der Waals surface area contributed by atoms with Crippen LogP contribution in [0.5, 0.6) is 0 Å². The Kier molecular flexibility index (Phi) is 13.4. The average molecular weight is 494 g/mol. The number of alkyl halides is 3. The van der Waals surface area contributed by atoms with Gasteiger partial charge in [0.05, 0.1) is 16.0 Å². The summed E-state index contributed by atoms with van der Waals surface area (Å²) in [7, 11) is 0. The standard InChI is InChI=1S/C12H20Br3N3O3/c13-7-10(19)16-3-1-5-18(12(21)9-15)6-2-4-17-11(20)8-14/h1-9H2,(H,16,19)(H,17,20). The number of rotatable bonds is 11. The molecule has 9 heteroatoms. The van der Waals surface area contributed by atoms with Gasteiger partial charge in [-0.3, -0.25) is 14.4 Å². The highest BCUT2D eigenvalue weighted by atomic mass is 79.9. The average Bonchev–Trinajstić information content (AvgIpc) is 2.51. The van der Waals surface area contributed by atoms with E-state index in [1.54, 1.807) is 4.90 Å². The molecule has 0 rings (SSSR count). The van der Waals surface area contributed by atoms with Gasteiger partial charge in [-0.2, -0.15) is 0 Å². The number of carbonyl (C=O) groups excluding carboxylic acids is 3. The molecule has 0 atom stereocenters. The van der Waals surface area contributed by atoms with Crippen LogP contribution in [0.1, 0.15) is 12.8 Å². The number of amides is 3. The highest BCUT2D eigenvalue weighted by Gasteiger charge is 2.11. The maximum atomic E-state index is 11.8. The summed E-state index contributed by atoms with van der Waals surface area (Å²) < 4.78 is 0. The van der Waals surface area contributed by atoms with Crippen molar-refractivity contribution in [1.29, 1.82) is 0 Å². The van der Waals surface area contributed by atoms with E-state index in [9.17, 15) is 14.4 Å². The largest absolute Gasteiger partial charge is 0.355 e. The Hall–Kier alpha value is -0.150. The molecular formula is C12H20Br3N3O3. The first kappa shape index (κ1) is 20.9. The van der Waals surface area contributed by atoms with Crippen molar-refractivity contribution >= 4 is 65.5 Å². The monoisotopic (exact) mass is 491 g/mol. The zero-order chi connectivity index (χ0) is 16.1. The van der Waals surface area contributed by atoms with Crippen molar-refractivity contribution in [1.82, 2.24) is 15.5 Å². The van der Waals surface area contributed by atoms with E-state index in [0.29, 0.717) is 39.0 Å². The fraction of sp³-hybridized carbons (Fsp3) is 0.750. The van der Waals surface area contributed by atoms with Gasteiger partial charge >= 0.3 is 0 Å². The molecule has 21 heavy (non-hydrogen) atoms. The smallest absolute Gasteiger partial charge is 0.233 e. The molecule has 0 saturated carbocycles. The summed E-state index contributed by atoms with van der Waals surface area (Å²) in [6, 6.07) is 0. The van der Waals surface area contributed by atoms with E-state index in [1.807, 2.05) is 0 Å². The first-order chi connectivity index (χ1) is 10.0. The molecule has 0 unspecified atom stereocenters. The van der Waals surface area contributed by atoms with E-state index in [1.165, 1.54) is 0 Å². The minimum Gasteiger partial charge on any atom is -0.355 e. The lowest BCUT2D eigenvalue weighted by Gasteiger charge is -2.22. The second kappa shape index (κ2) is 13.5. The van der Waals surface area contributed by atoms with Crippen LogP contribution >= 0.6 is 47.8 Å². The van der Waals surface area contributed by atoms with E-state index in [4.69, 9.17) is 0 Å². The number of halogens is 3. The summed E-state index contributed by atoms with van der Waals surface area (Å²) in [5, 5.41) is 6.31. The van der Waals surface area contributed by atoms with Gasteiger partial charge < -0.3 is 15.5 Å². The van der Waals surface area contributed by atoms with Crippen LogP contribution in [0.25, 0.3) is 0 Å². The summed E-state index contributed by atoms with van der Waals surface area (Å²) in [5.74, 6) is -0.120. The number of hydrogen-bond acceptors (Lipinski definition) is 3. The Balaban J connectivity index is 3.95. The Bertz CT molecular complexity index is 319. The van der Waals surface area contributed by atoms with Crippen LogP contribution in [-0.2, 0) is 14.4 Å². The molecule has 0 bridgehead atoms. The molecule has 0 fully saturated rings. The van der Waals surface area contributed by atoms with E-state index in [2.05, 4.69) is 58.4 Å². The number of carbonyl (C=O) groups is 3. The normalized spacial score (nSPS) is 10.0. The predicted molar refractivity (Wildman–Crippen MR) is 93.2 cm³/mol. The number of nitrogens with zero attached hydrogens (tertiary/aromatic N) is 1. The van der Waals surface area contributed by atoms with Gasteiger partial charge in [0.2, 0.25) is 17.7 Å². The van der Waals surface area contributed by atoms with Gasteiger partial charge in [-0.1, -0.05) is 47.8 Å². The molecule has 0 spiro atoms. The lowest BCUT2D eigenvalue weighted by Crippen LogP contribution is -2.37. The van der Waals surface area contributed by atoms with Crippen molar-refractivity contribution in [3.05, 3.63) is 0 Å². The first-order valence-corrected chi connectivity index (χ1v) is 9.90. The summed E-state index contributed by atoms with van der Waals surface area (Å²) >= 11 is 9.30. The Morgan fingerprint density at radius 2 is 1.19 bits per heavy atom. The SMILES string of the molecule is O=C(CBr)NCCCN(CCCNC(=O)CBr)C(=O)CBr. The fourth-order valence-electron chi connectivity index (χ4n) is 1.54. The molecule has 6 nitrogen and oxygen atoms in total. The third-order valence-electron chi connectivity index (χ3n) is 2.56. The van der Waals surface area contributed by atoms with Crippen LogP contribution in [-0.4, -0.2) is 64.8 Å². The van der Waals surface area contributed by atoms with Gasteiger partial charge in [0.25, 0.3) is 0 Å². The second-order valence-corrected chi connectivity index (χ2v) is 5.87. The minimum absolute atomic E-state index is 0.00800. The Morgan fingerprint density at radius 3 is 1.52 bits per heavy atom. The van der Waals surface area contributed by atoms with Crippen molar-refractivity contribution < 1.29 is 14.4 Å². The number of hydrogen-bond donors (Lipinski definition) is 2. The van der Waals surface area contributed by atoms with Crippen molar-refractivity contribution in [2.75, 3.05) is 42.2 Å². The molecular weight excluding hydrogens is 474 g/mol. The summed E-state index contributed by atoms with van der Waals surface area (Å²) in [4.78, 5) is 35.6. The highest BCUT2D eigenvalue weighted by molar-refractivity contribution is 9.09. The minimum atomic E-state index is -0.0640. The Labute approximate surface area is 150 Å². The molecule has 122 valence electrons. The zero-order valence-corrected chi connectivity index (χ0v) is 16.4. The molecule has 0 heterocycles. The molecule has 0 aromatic rings. The summed E-state index contributed by atoms with van der Waals surface area (Å²) in [6.45, 7) is 2.24. The van der Waals surface area contributed by atoms with Crippen molar-refractivity contribution in [2.24, 2.45) is 0 Å². The molecule has 0 aliphatic rings. The predicted octanol–water partition coefficient (Wildman–Crippen LogP) is 1.01. The van der Waals surface area contributed by atoms with Crippen molar-refractivity contribution in [3.8, 4) is 0 Å². The topological polar surface area (TPSA) is 78.5 Å². The molecule has 0 aliphatic carbocycles. The molecule has 0 aromatic carbocycles. The van der Waals surface area contributed by atoms with E-state index in [0.717, 1.165) is 0 Å². The highest BCUT2D eigenvalue weighted by Crippen LogP contribution is 1.98. The third-order valence-corrected chi connectivity index (χ3v) is 4.06. The first-order valence-electron chi connectivity index (χ1n) is 6.54.